The molecule has 106 valence electrons. The summed E-state index contributed by atoms with van der Waals surface area (Å²) in [6, 6.07) is 9.84. The molecule has 0 unspecified atom stereocenters. The van der Waals surface area contributed by atoms with Crippen LogP contribution in [0.5, 0.6) is 0 Å². The van der Waals surface area contributed by atoms with Crippen molar-refractivity contribution in [2.45, 2.75) is 6.92 Å². The van der Waals surface area contributed by atoms with Crippen molar-refractivity contribution in [2.75, 3.05) is 5.73 Å². The van der Waals surface area contributed by atoms with Crippen molar-refractivity contribution in [2.24, 2.45) is 0 Å². The van der Waals surface area contributed by atoms with E-state index in [9.17, 15) is 4.39 Å². The number of hydrogen-bond donors (Lipinski definition) is 1. The summed E-state index contributed by atoms with van der Waals surface area (Å²) < 4.78 is 14.8. The number of rotatable bonds is 2. The fourth-order valence-corrected chi connectivity index (χ4v) is 2.30. The number of aryl methyl sites for hydroxylation is 1. The van der Waals surface area contributed by atoms with E-state index in [2.05, 4.69) is 15.5 Å². The van der Waals surface area contributed by atoms with Gasteiger partial charge in [0.15, 0.2) is 5.82 Å². The Balaban J connectivity index is 2.20. The van der Waals surface area contributed by atoms with Gasteiger partial charge in [-0.15, -0.1) is 5.10 Å². The van der Waals surface area contributed by atoms with Crippen LogP contribution in [0.3, 0.4) is 0 Å². The Hall–Kier alpha value is -2.47. The molecule has 0 aliphatic carbocycles. The molecule has 0 bridgehead atoms. The van der Waals surface area contributed by atoms with Crippen LogP contribution in [0.15, 0.2) is 36.4 Å². The number of nitrogens with two attached hydrogens (primary N) is 1. The maximum absolute atomic E-state index is 13.3. The van der Waals surface area contributed by atoms with Crippen molar-refractivity contribution in [1.29, 1.82) is 0 Å². The standard InChI is InChI=1S/C14H11ClFN5/c1-8-3-2-4-12(17)13(8)14-18-19-20-21(14)9-5-6-11(16)10(15)7-9/h2-7H,17H2,1H3. The van der Waals surface area contributed by atoms with Crippen LogP contribution in [0.2, 0.25) is 5.02 Å². The molecule has 2 aromatic carbocycles. The molecule has 5 nitrogen and oxygen atoms in total. The van der Waals surface area contributed by atoms with E-state index in [1.807, 2.05) is 19.1 Å². The Kier molecular flexibility index (Phi) is 3.31. The van der Waals surface area contributed by atoms with Crippen molar-refractivity contribution in [3.63, 3.8) is 0 Å². The zero-order valence-corrected chi connectivity index (χ0v) is 11.8. The number of nitrogen functional groups attached to an aromatic ring is 1. The van der Waals surface area contributed by atoms with Gasteiger partial charge in [-0.3, -0.25) is 0 Å². The van der Waals surface area contributed by atoms with E-state index in [-0.39, 0.29) is 5.02 Å². The minimum absolute atomic E-state index is 0.00621. The van der Waals surface area contributed by atoms with Crippen LogP contribution in [0, 0.1) is 12.7 Å². The van der Waals surface area contributed by atoms with Gasteiger partial charge in [-0.05, 0) is 47.2 Å². The second-order valence-electron chi connectivity index (χ2n) is 4.55. The van der Waals surface area contributed by atoms with E-state index >= 15 is 0 Å². The Morgan fingerprint density at radius 1 is 1.24 bits per heavy atom. The lowest BCUT2D eigenvalue weighted by atomic mass is 10.1. The highest BCUT2D eigenvalue weighted by molar-refractivity contribution is 6.30. The molecule has 0 saturated carbocycles. The van der Waals surface area contributed by atoms with Gasteiger partial charge >= 0.3 is 0 Å². The Morgan fingerprint density at radius 2 is 2.05 bits per heavy atom. The van der Waals surface area contributed by atoms with Crippen LogP contribution >= 0.6 is 11.6 Å². The Labute approximate surface area is 125 Å². The van der Waals surface area contributed by atoms with Gasteiger partial charge in [-0.2, -0.15) is 4.68 Å². The molecule has 3 rings (SSSR count). The highest BCUT2D eigenvalue weighted by Gasteiger charge is 2.16. The van der Waals surface area contributed by atoms with Crippen molar-refractivity contribution < 1.29 is 4.39 Å². The number of halogens is 2. The molecule has 21 heavy (non-hydrogen) atoms. The SMILES string of the molecule is Cc1cccc(N)c1-c1nnnn1-c1ccc(F)c(Cl)c1. The van der Waals surface area contributed by atoms with Gasteiger partial charge in [0.2, 0.25) is 0 Å². The molecular weight excluding hydrogens is 293 g/mol. The smallest absolute Gasteiger partial charge is 0.189 e. The molecule has 1 aromatic heterocycles. The average Bonchev–Trinajstić information content (AvgIpc) is 2.91. The van der Waals surface area contributed by atoms with Crippen LogP contribution < -0.4 is 5.73 Å². The first-order chi connectivity index (χ1) is 10.1. The summed E-state index contributed by atoms with van der Waals surface area (Å²) >= 11 is 5.81. The molecule has 0 radical (unpaired) electrons. The highest BCUT2D eigenvalue weighted by atomic mass is 35.5. The van der Waals surface area contributed by atoms with E-state index in [4.69, 9.17) is 17.3 Å². The predicted octanol–water partition coefficient (Wildman–Crippen LogP) is 3.01. The zero-order chi connectivity index (χ0) is 15.0. The molecule has 3 aromatic rings. The van der Waals surface area contributed by atoms with Gasteiger partial charge in [0.25, 0.3) is 0 Å². The third-order valence-corrected chi connectivity index (χ3v) is 3.44. The monoisotopic (exact) mass is 303 g/mol. The molecule has 1 heterocycles. The van der Waals surface area contributed by atoms with E-state index in [0.717, 1.165) is 11.1 Å². The fourth-order valence-electron chi connectivity index (χ4n) is 2.13. The molecular formula is C14H11ClFN5. The number of nitrogens with zero attached hydrogens (tertiary/aromatic N) is 4. The summed E-state index contributed by atoms with van der Waals surface area (Å²) in [5.41, 5.74) is 8.83. The molecule has 7 heteroatoms. The first kappa shape index (κ1) is 13.5. The maximum atomic E-state index is 13.3. The van der Waals surface area contributed by atoms with Crippen LogP contribution in [-0.4, -0.2) is 20.2 Å². The minimum Gasteiger partial charge on any atom is -0.398 e. The van der Waals surface area contributed by atoms with E-state index in [0.29, 0.717) is 17.2 Å². The summed E-state index contributed by atoms with van der Waals surface area (Å²) in [7, 11) is 0. The number of benzene rings is 2. The molecule has 2 N–H and O–H groups in total. The average molecular weight is 304 g/mol. The maximum Gasteiger partial charge on any atom is 0.189 e. The second kappa shape index (κ2) is 5.14. The summed E-state index contributed by atoms with van der Waals surface area (Å²) in [6.45, 7) is 1.92. The zero-order valence-electron chi connectivity index (χ0n) is 11.1. The van der Waals surface area contributed by atoms with Crippen LogP contribution in [-0.2, 0) is 0 Å². The molecule has 0 aliphatic heterocycles. The van der Waals surface area contributed by atoms with Crippen LogP contribution in [0.4, 0.5) is 10.1 Å². The first-order valence-electron chi connectivity index (χ1n) is 6.17. The molecule has 0 saturated heterocycles. The number of aromatic nitrogens is 4. The second-order valence-corrected chi connectivity index (χ2v) is 4.96. The Bertz CT molecular complexity index is 795. The number of tetrazole rings is 1. The number of hydrogen-bond acceptors (Lipinski definition) is 4. The van der Waals surface area contributed by atoms with E-state index in [1.54, 1.807) is 12.1 Å². The molecule has 0 spiro atoms. The summed E-state index contributed by atoms with van der Waals surface area (Å²) in [4.78, 5) is 0. The summed E-state index contributed by atoms with van der Waals surface area (Å²) in [6.07, 6.45) is 0. The predicted molar refractivity (Wildman–Crippen MR) is 78.7 cm³/mol. The van der Waals surface area contributed by atoms with Gasteiger partial charge in [0, 0.05) is 11.3 Å². The van der Waals surface area contributed by atoms with Crippen molar-refractivity contribution in [1.82, 2.24) is 20.2 Å². The lowest BCUT2D eigenvalue weighted by Crippen LogP contribution is -2.03. The third kappa shape index (κ3) is 2.34. The molecule has 0 aliphatic rings. The van der Waals surface area contributed by atoms with Gasteiger partial charge < -0.3 is 5.73 Å². The van der Waals surface area contributed by atoms with Crippen LogP contribution in [0.25, 0.3) is 17.1 Å². The fraction of sp³-hybridized carbons (Fsp3) is 0.0714. The molecule has 0 atom stereocenters. The van der Waals surface area contributed by atoms with E-state index in [1.165, 1.54) is 16.8 Å². The van der Waals surface area contributed by atoms with Crippen molar-refractivity contribution >= 4 is 17.3 Å². The van der Waals surface area contributed by atoms with Crippen LogP contribution in [0.1, 0.15) is 5.56 Å². The normalized spacial score (nSPS) is 10.8. The first-order valence-corrected chi connectivity index (χ1v) is 6.55. The third-order valence-electron chi connectivity index (χ3n) is 3.15. The van der Waals surface area contributed by atoms with Crippen molar-refractivity contribution in [3.05, 3.63) is 52.8 Å². The Morgan fingerprint density at radius 3 is 2.76 bits per heavy atom. The largest absolute Gasteiger partial charge is 0.398 e. The van der Waals surface area contributed by atoms with Crippen molar-refractivity contribution in [3.8, 4) is 17.1 Å². The van der Waals surface area contributed by atoms with Gasteiger partial charge in [-0.1, -0.05) is 23.7 Å². The van der Waals surface area contributed by atoms with Gasteiger partial charge in [0.05, 0.1) is 10.7 Å². The topological polar surface area (TPSA) is 69.6 Å². The molecule has 0 fully saturated rings. The summed E-state index contributed by atoms with van der Waals surface area (Å²) in [5.74, 6) is -0.0151. The quantitative estimate of drug-likeness (QED) is 0.739. The van der Waals surface area contributed by atoms with E-state index < -0.39 is 5.82 Å². The lowest BCUT2D eigenvalue weighted by Gasteiger charge is -2.10. The van der Waals surface area contributed by atoms with Gasteiger partial charge in [0.1, 0.15) is 5.82 Å². The summed E-state index contributed by atoms with van der Waals surface area (Å²) in [5, 5.41) is 11.6. The van der Waals surface area contributed by atoms with Gasteiger partial charge in [-0.25, -0.2) is 4.39 Å². The lowest BCUT2D eigenvalue weighted by molar-refractivity contribution is 0.627. The molecule has 0 amide bonds. The number of anilines is 1. The highest BCUT2D eigenvalue weighted by Crippen LogP contribution is 2.29. The minimum atomic E-state index is -0.495.